The predicted octanol–water partition coefficient (Wildman–Crippen LogP) is 4.00. The molecule has 0 N–H and O–H groups in total. The number of ether oxygens (including phenoxy) is 1. The molecule has 3 rings (SSSR count). The molecule has 1 nitrogen and oxygen atoms in total. The lowest BCUT2D eigenvalue weighted by atomic mass is 9.87. The zero-order valence-corrected chi connectivity index (χ0v) is 10.2. The lowest BCUT2D eigenvalue weighted by Crippen LogP contribution is -2.17. The van der Waals surface area contributed by atoms with Gasteiger partial charge >= 0.3 is 0 Å². The molecule has 0 bridgehead atoms. The van der Waals surface area contributed by atoms with E-state index < -0.39 is 0 Å². The molecular formula is C15H13ClO. The van der Waals surface area contributed by atoms with Crippen molar-refractivity contribution in [2.24, 2.45) is 0 Å². The van der Waals surface area contributed by atoms with Crippen molar-refractivity contribution in [2.75, 3.05) is 6.61 Å². The minimum Gasteiger partial charge on any atom is -0.376 e. The summed E-state index contributed by atoms with van der Waals surface area (Å²) >= 11 is 6.01. The highest BCUT2D eigenvalue weighted by molar-refractivity contribution is 6.30. The Morgan fingerprint density at radius 3 is 2.71 bits per heavy atom. The molecule has 1 heterocycles. The normalized spacial score (nSPS) is 18.8. The highest BCUT2D eigenvalue weighted by Gasteiger charge is 2.22. The van der Waals surface area contributed by atoms with E-state index in [4.69, 9.17) is 16.3 Å². The van der Waals surface area contributed by atoms with Gasteiger partial charge in [0.05, 0.1) is 13.2 Å². The van der Waals surface area contributed by atoms with Gasteiger partial charge < -0.3 is 4.74 Å². The molecule has 1 aliphatic rings. The molecule has 17 heavy (non-hydrogen) atoms. The highest BCUT2D eigenvalue weighted by Crippen LogP contribution is 2.33. The minimum atomic E-state index is 0.331. The van der Waals surface area contributed by atoms with Gasteiger partial charge in [0.25, 0.3) is 0 Å². The van der Waals surface area contributed by atoms with Crippen LogP contribution in [-0.2, 0) is 11.3 Å². The van der Waals surface area contributed by atoms with Crippen LogP contribution in [0.5, 0.6) is 0 Å². The average molecular weight is 245 g/mol. The van der Waals surface area contributed by atoms with Gasteiger partial charge in [0.1, 0.15) is 0 Å². The third-order valence-electron chi connectivity index (χ3n) is 3.22. The van der Waals surface area contributed by atoms with Crippen LogP contribution in [0.1, 0.15) is 22.6 Å². The molecule has 0 amide bonds. The second kappa shape index (κ2) is 4.52. The summed E-state index contributed by atoms with van der Waals surface area (Å²) in [5, 5.41) is 0.779. The predicted molar refractivity (Wildman–Crippen MR) is 69.4 cm³/mol. The molecule has 0 radical (unpaired) electrons. The van der Waals surface area contributed by atoms with Crippen molar-refractivity contribution in [3.63, 3.8) is 0 Å². The summed E-state index contributed by atoms with van der Waals surface area (Å²) in [6.07, 6.45) is 0. The third kappa shape index (κ3) is 2.08. The van der Waals surface area contributed by atoms with E-state index in [0.717, 1.165) is 11.6 Å². The van der Waals surface area contributed by atoms with Crippen LogP contribution in [0.15, 0.2) is 48.5 Å². The first-order valence-corrected chi connectivity index (χ1v) is 6.13. The van der Waals surface area contributed by atoms with E-state index in [1.165, 1.54) is 16.7 Å². The SMILES string of the molecule is Clc1ccc2c(c1)COCC2c1ccccc1. The molecule has 1 atom stereocenters. The summed E-state index contributed by atoms with van der Waals surface area (Å²) in [4.78, 5) is 0. The topological polar surface area (TPSA) is 9.23 Å². The second-order valence-electron chi connectivity index (χ2n) is 4.32. The van der Waals surface area contributed by atoms with Crippen molar-refractivity contribution in [1.29, 1.82) is 0 Å². The standard InChI is InChI=1S/C15H13ClO/c16-13-6-7-14-12(8-13)9-17-10-15(14)11-4-2-1-3-5-11/h1-8,15H,9-10H2. The first kappa shape index (κ1) is 10.8. The van der Waals surface area contributed by atoms with Crippen LogP contribution >= 0.6 is 11.6 Å². The van der Waals surface area contributed by atoms with Gasteiger partial charge in [-0.05, 0) is 28.8 Å². The molecule has 1 unspecified atom stereocenters. The van der Waals surface area contributed by atoms with Gasteiger partial charge in [0, 0.05) is 10.9 Å². The number of halogens is 1. The Labute approximate surface area is 106 Å². The van der Waals surface area contributed by atoms with Crippen LogP contribution in [0.3, 0.4) is 0 Å². The van der Waals surface area contributed by atoms with Gasteiger partial charge in [-0.3, -0.25) is 0 Å². The van der Waals surface area contributed by atoms with E-state index in [9.17, 15) is 0 Å². The summed E-state index contributed by atoms with van der Waals surface area (Å²) in [5.41, 5.74) is 3.85. The molecule has 0 aromatic heterocycles. The lowest BCUT2D eigenvalue weighted by molar-refractivity contribution is 0.0994. The van der Waals surface area contributed by atoms with Crippen LogP contribution < -0.4 is 0 Å². The number of rotatable bonds is 1. The molecule has 2 aromatic rings. The molecule has 2 heteroatoms. The molecule has 2 aromatic carbocycles. The van der Waals surface area contributed by atoms with E-state index in [-0.39, 0.29) is 0 Å². The minimum absolute atomic E-state index is 0.331. The molecule has 1 aliphatic heterocycles. The maximum Gasteiger partial charge on any atom is 0.0720 e. The van der Waals surface area contributed by atoms with Crippen molar-refractivity contribution in [2.45, 2.75) is 12.5 Å². The molecule has 0 aliphatic carbocycles. The maximum absolute atomic E-state index is 6.01. The Bertz CT molecular complexity index is 522. The Balaban J connectivity index is 2.06. The summed E-state index contributed by atoms with van der Waals surface area (Å²) < 4.78 is 5.66. The largest absolute Gasteiger partial charge is 0.376 e. The van der Waals surface area contributed by atoms with Crippen molar-refractivity contribution >= 4 is 11.6 Å². The molecule has 0 saturated carbocycles. The summed E-state index contributed by atoms with van der Waals surface area (Å²) in [6, 6.07) is 16.6. The smallest absolute Gasteiger partial charge is 0.0720 e. The zero-order valence-electron chi connectivity index (χ0n) is 9.40. The number of benzene rings is 2. The third-order valence-corrected chi connectivity index (χ3v) is 3.46. The van der Waals surface area contributed by atoms with Gasteiger partial charge in [-0.2, -0.15) is 0 Å². The quantitative estimate of drug-likeness (QED) is 0.737. The molecule has 0 fully saturated rings. The number of hydrogen-bond donors (Lipinski definition) is 0. The first-order chi connectivity index (χ1) is 8.34. The lowest BCUT2D eigenvalue weighted by Gasteiger charge is -2.26. The van der Waals surface area contributed by atoms with Crippen molar-refractivity contribution in [1.82, 2.24) is 0 Å². The Morgan fingerprint density at radius 2 is 1.88 bits per heavy atom. The van der Waals surface area contributed by atoms with Gasteiger partial charge in [-0.25, -0.2) is 0 Å². The Kier molecular flexibility index (Phi) is 2.87. The second-order valence-corrected chi connectivity index (χ2v) is 4.76. The van der Waals surface area contributed by atoms with Crippen molar-refractivity contribution < 1.29 is 4.74 Å². The van der Waals surface area contributed by atoms with Gasteiger partial charge in [-0.1, -0.05) is 48.0 Å². The van der Waals surface area contributed by atoms with E-state index in [1.54, 1.807) is 0 Å². The Morgan fingerprint density at radius 1 is 1.06 bits per heavy atom. The van der Waals surface area contributed by atoms with Crippen LogP contribution in [0, 0.1) is 0 Å². The van der Waals surface area contributed by atoms with Gasteiger partial charge in [0.2, 0.25) is 0 Å². The molecule has 0 spiro atoms. The van der Waals surface area contributed by atoms with Crippen molar-refractivity contribution in [3.05, 3.63) is 70.2 Å². The average Bonchev–Trinajstić information content (AvgIpc) is 2.39. The van der Waals surface area contributed by atoms with Crippen LogP contribution in [0.25, 0.3) is 0 Å². The van der Waals surface area contributed by atoms with Crippen LogP contribution in [0.4, 0.5) is 0 Å². The summed E-state index contributed by atoms with van der Waals surface area (Å²) in [6.45, 7) is 1.41. The van der Waals surface area contributed by atoms with Gasteiger partial charge in [-0.15, -0.1) is 0 Å². The fourth-order valence-electron chi connectivity index (χ4n) is 2.38. The van der Waals surface area contributed by atoms with Gasteiger partial charge in [0.15, 0.2) is 0 Å². The summed E-state index contributed by atoms with van der Waals surface area (Å²) in [5.74, 6) is 0.331. The zero-order chi connectivity index (χ0) is 11.7. The van der Waals surface area contributed by atoms with E-state index in [2.05, 4.69) is 30.3 Å². The fourth-order valence-corrected chi connectivity index (χ4v) is 2.57. The monoisotopic (exact) mass is 244 g/mol. The molecular weight excluding hydrogens is 232 g/mol. The number of fused-ring (bicyclic) bond motifs is 1. The fraction of sp³-hybridized carbons (Fsp3) is 0.200. The van der Waals surface area contributed by atoms with E-state index >= 15 is 0 Å². The number of hydrogen-bond acceptors (Lipinski definition) is 1. The van der Waals surface area contributed by atoms with Crippen LogP contribution in [0.2, 0.25) is 5.02 Å². The van der Waals surface area contributed by atoms with E-state index in [0.29, 0.717) is 12.5 Å². The van der Waals surface area contributed by atoms with Crippen LogP contribution in [-0.4, -0.2) is 6.61 Å². The first-order valence-electron chi connectivity index (χ1n) is 5.75. The molecule has 0 saturated heterocycles. The van der Waals surface area contributed by atoms with Crippen molar-refractivity contribution in [3.8, 4) is 0 Å². The highest BCUT2D eigenvalue weighted by atomic mass is 35.5. The Hall–Kier alpha value is -1.31. The maximum atomic E-state index is 6.01. The van der Waals surface area contributed by atoms with E-state index in [1.807, 2.05) is 18.2 Å². The summed E-state index contributed by atoms with van der Waals surface area (Å²) in [7, 11) is 0. The molecule has 86 valence electrons.